The quantitative estimate of drug-likeness (QED) is 0.674. The number of benzene rings is 2. The molecule has 4 rings (SSSR count). The maximum Gasteiger partial charge on any atom is 0.319 e. The van der Waals surface area contributed by atoms with Crippen LogP contribution in [0.25, 0.3) is 22.0 Å². The molecule has 1 aromatic heterocycles. The first-order valence-electron chi connectivity index (χ1n) is 10.8. The zero-order chi connectivity index (χ0) is 20.9. The first kappa shape index (κ1) is 20.1. The standard InChI is InChI=1S/C24H29N5O/c1-3-28(4-2)24(30)29-15-12-21(13-16-29)26-23-25-14-11-22(27-23)20-10-9-18-7-5-6-8-19(18)17-20/h5-11,14,17,21H,3-4,12-13,15-16H2,1-2H3,(H,25,26,27). The Morgan fingerprint density at radius 3 is 2.53 bits per heavy atom. The van der Waals surface area contributed by atoms with Crippen molar-refractivity contribution in [3.05, 3.63) is 54.7 Å². The third kappa shape index (κ3) is 4.37. The SMILES string of the molecule is CCN(CC)C(=O)N1CCC(Nc2nccc(-c3ccc4ccccc4c3)n2)CC1. The Morgan fingerprint density at radius 2 is 1.80 bits per heavy atom. The number of likely N-dealkylation sites (tertiary alicyclic amines) is 1. The summed E-state index contributed by atoms with van der Waals surface area (Å²) < 4.78 is 0. The summed E-state index contributed by atoms with van der Waals surface area (Å²) in [4.78, 5) is 25.5. The number of hydrogen-bond donors (Lipinski definition) is 1. The van der Waals surface area contributed by atoms with Crippen LogP contribution in [0.15, 0.2) is 54.7 Å². The number of carbonyl (C=O) groups excluding carboxylic acids is 1. The van der Waals surface area contributed by atoms with E-state index in [4.69, 9.17) is 4.98 Å². The largest absolute Gasteiger partial charge is 0.351 e. The Balaban J connectivity index is 1.41. The van der Waals surface area contributed by atoms with Gasteiger partial charge in [0.1, 0.15) is 0 Å². The lowest BCUT2D eigenvalue weighted by atomic mass is 10.0. The van der Waals surface area contributed by atoms with Crippen molar-refractivity contribution in [1.82, 2.24) is 19.8 Å². The molecule has 6 heteroatoms. The normalized spacial score (nSPS) is 14.7. The first-order valence-corrected chi connectivity index (χ1v) is 10.8. The van der Waals surface area contributed by atoms with Crippen molar-refractivity contribution in [3.63, 3.8) is 0 Å². The lowest BCUT2D eigenvalue weighted by molar-refractivity contribution is 0.145. The van der Waals surface area contributed by atoms with Gasteiger partial charge in [0.15, 0.2) is 0 Å². The number of hydrogen-bond acceptors (Lipinski definition) is 4. The molecule has 156 valence electrons. The third-order valence-electron chi connectivity index (χ3n) is 5.83. The van der Waals surface area contributed by atoms with E-state index in [0.717, 1.165) is 50.3 Å². The highest BCUT2D eigenvalue weighted by Gasteiger charge is 2.25. The predicted octanol–water partition coefficient (Wildman–Crippen LogP) is 4.63. The molecule has 0 aliphatic carbocycles. The Labute approximate surface area is 177 Å². The van der Waals surface area contributed by atoms with E-state index in [-0.39, 0.29) is 12.1 Å². The molecule has 1 fully saturated rings. The van der Waals surface area contributed by atoms with Gasteiger partial charge in [-0.2, -0.15) is 0 Å². The van der Waals surface area contributed by atoms with Gasteiger partial charge in [-0.05, 0) is 49.6 Å². The van der Waals surface area contributed by atoms with E-state index < -0.39 is 0 Å². The monoisotopic (exact) mass is 403 g/mol. The fraction of sp³-hybridized carbons (Fsp3) is 0.375. The fourth-order valence-corrected chi connectivity index (χ4v) is 4.03. The van der Waals surface area contributed by atoms with Gasteiger partial charge in [-0.15, -0.1) is 0 Å². The van der Waals surface area contributed by atoms with Crippen molar-refractivity contribution >= 4 is 22.8 Å². The predicted molar refractivity (Wildman–Crippen MR) is 122 cm³/mol. The van der Waals surface area contributed by atoms with E-state index in [2.05, 4.69) is 52.8 Å². The zero-order valence-corrected chi connectivity index (χ0v) is 17.7. The van der Waals surface area contributed by atoms with Crippen LogP contribution in [-0.2, 0) is 0 Å². The average molecular weight is 404 g/mol. The number of aromatic nitrogens is 2. The molecular weight excluding hydrogens is 374 g/mol. The molecular formula is C24H29N5O. The number of rotatable bonds is 5. The number of urea groups is 1. The van der Waals surface area contributed by atoms with E-state index in [9.17, 15) is 4.79 Å². The van der Waals surface area contributed by atoms with Gasteiger partial charge in [0.2, 0.25) is 5.95 Å². The van der Waals surface area contributed by atoms with Gasteiger partial charge in [-0.25, -0.2) is 14.8 Å². The molecule has 0 spiro atoms. The van der Waals surface area contributed by atoms with Crippen LogP contribution in [-0.4, -0.2) is 58.0 Å². The molecule has 2 amide bonds. The highest BCUT2D eigenvalue weighted by Crippen LogP contribution is 2.24. The maximum absolute atomic E-state index is 12.5. The number of piperidine rings is 1. The van der Waals surface area contributed by atoms with Crippen molar-refractivity contribution in [3.8, 4) is 11.3 Å². The van der Waals surface area contributed by atoms with Gasteiger partial charge < -0.3 is 15.1 Å². The molecule has 1 aliphatic heterocycles. The number of nitrogens with zero attached hydrogens (tertiary/aromatic N) is 4. The maximum atomic E-state index is 12.5. The van der Waals surface area contributed by atoms with Crippen LogP contribution in [0.3, 0.4) is 0 Å². The topological polar surface area (TPSA) is 61.4 Å². The first-order chi connectivity index (χ1) is 14.7. The number of anilines is 1. The smallest absolute Gasteiger partial charge is 0.319 e. The third-order valence-corrected chi connectivity index (χ3v) is 5.83. The molecule has 0 atom stereocenters. The Morgan fingerprint density at radius 1 is 1.07 bits per heavy atom. The van der Waals surface area contributed by atoms with E-state index in [1.165, 1.54) is 10.8 Å². The summed E-state index contributed by atoms with van der Waals surface area (Å²) in [6.45, 7) is 7.08. The van der Waals surface area contributed by atoms with Crippen LogP contribution >= 0.6 is 0 Å². The van der Waals surface area contributed by atoms with Gasteiger partial charge in [0.05, 0.1) is 5.69 Å². The van der Waals surface area contributed by atoms with Crippen LogP contribution in [0.2, 0.25) is 0 Å². The Kier molecular flexibility index (Phi) is 6.12. The number of amides is 2. The molecule has 2 heterocycles. The molecule has 0 bridgehead atoms. The number of nitrogens with one attached hydrogen (secondary N) is 1. The summed E-state index contributed by atoms with van der Waals surface area (Å²) in [5.74, 6) is 0.647. The summed E-state index contributed by atoms with van der Waals surface area (Å²) in [6.07, 6.45) is 3.60. The van der Waals surface area contributed by atoms with Crippen molar-refractivity contribution < 1.29 is 4.79 Å². The molecule has 30 heavy (non-hydrogen) atoms. The van der Waals surface area contributed by atoms with Crippen LogP contribution in [0, 0.1) is 0 Å². The second-order valence-electron chi connectivity index (χ2n) is 7.69. The Hall–Kier alpha value is -3.15. The minimum atomic E-state index is 0.146. The van der Waals surface area contributed by atoms with Crippen molar-refractivity contribution in [1.29, 1.82) is 0 Å². The molecule has 3 aromatic rings. The molecule has 1 aliphatic rings. The lowest BCUT2D eigenvalue weighted by Crippen LogP contribution is -2.48. The Bertz CT molecular complexity index is 1010. The zero-order valence-electron chi connectivity index (χ0n) is 17.7. The summed E-state index contributed by atoms with van der Waals surface area (Å²) in [5, 5.41) is 5.90. The summed E-state index contributed by atoms with van der Waals surface area (Å²) in [5.41, 5.74) is 1.99. The van der Waals surface area contributed by atoms with Crippen molar-refractivity contribution in [2.24, 2.45) is 0 Å². The second kappa shape index (κ2) is 9.11. The minimum absolute atomic E-state index is 0.146. The summed E-state index contributed by atoms with van der Waals surface area (Å²) in [7, 11) is 0. The second-order valence-corrected chi connectivity index (χ2v) is 7.69. The van der Waals surface area contributed by atoms with Crippen LogP contribution in [0.4, 0.5) is 10.7 Å². The van der Waals surface area contributed by atoms with E-state index in [1.807, 2.05) is 29.7 Å². The number of fused-ring (bicyclic) bond motifs is 1. The van der Waals surface area contributed by atoms with Gasteiger partial charge in [0.25, 0.3) is 0 Å². The van der Waals surface area contributed by atoms with Crippen molar-refractivity contribution in [2.75, 3.05) is 31.5 Å². The molecule has 1 N–H and O–H groups in total. The summed E-state index contributed by atoms with van der Waals surface area (Å²) >= 11 is 0. The molecule has 2 aromatic carbocycles. The van der Waals surface area contributed by atoms with Gasteiger partial charge in [-0.1, -0.05) is 36.4 Å². The van der Waals surface area contributed by atoms with Crippen LogP contribution in [0.1, 0.15) is 26.7 Å². The van der Waals surface area contributed by atoms with Gasteiger partial charge in [-0.3, -0.25) is 0 Å². The lowest BCUT2D eigenvalue weighted by Gasteiger charge is -2.35. The van der Waals surface area contributed by atoms with E-state index >= 15 is 0 Å². The minimum Gasteiger partial charge on any atom is -0.351 e. The molecule has 0 unspecified atom stereocenters. The number of carbonyl (C=O) groups is 1. The van der Waals surface area contributed by atoms with E-state index in [0.29, 0.717) is 5.95 Å². The highest BCUT2D eigenvalue weighted by molar-refractivity contribution is 5.86. The average Bonchev–Trinajstić information content (AvgIpc) is 2.80. The molecule has 0 saturated carbocycles. The van der Waals surface area contributed by atoms with Gasteiger partial charge in [0, 0.05) is 44.0 Å². The molecule has 1 saturated heterocycles. The molecule has 0 radical (unpaired) electrons. The summed E-state index contributed by atoms with van der Waals surface area (Å²) in [6, 6.07) is 17.1. The molecule has 6 nitrogen and oxygen atoms in total. The van der Waals surface area contributed by atoms with Crippen molar-refractivity contribution in [2.45, 2.75) is 32.7 Å². The van der Waals surface area contributed by atoms with Gasteiger partial charge >= 0.3 is 6.03 Å². The fourth-order valence-electron chi connectivity index (χ4n) is 4.03. The van der Waals surface area contributed by atoms with Crippen LogP contribution in [0.5, 0.6) is 0 Å². The van der Waals surface area contributed by atoms with E-state index in [1.54, 1.807) is 6.20 Å². The van der Waals surface area contributed by atoms with Crippen LogP contribution < -0.4 is 5.32 Å². The highest BCUT2D eigenvalue weighted by atomic mass is 16.2.